The van der Waals surface area contributed by atoms with Crippen molar-refractivity contribution in [2.75, 3.05) is 19.5 Å². The number of benzene rings is 1. The number of hydrogen-bond donors (Lipinski definition) is 3. The summed E-state index contributed by atoms with van der Waals surface area (Å²) in [5.41, 5.74) is -0.102. The van der Waals surface area contributed by atoms with E-state index < -0.39 is 29.6 Å². The second kappa shape index (κ2) is 10.5. The van der Waals surface area contributed by atoms with Gasteiger partial charge in [0.2, 0.25) is 5.91 Å². The molecule has 10 heteroatoms. The Balaban J connectivity index is 1.72. The van der Waals surface area contributed by atoms with Gasteiger partial charge >= 0.3 is 6.09 Å². The normalized spacial score (nSPS) is 36.2. The lowest BCUT2D eigenvalue weighted by Crippen LogP contribution is -2.63. The van der Waals surface area contributed by atoms with Gasteiger partial charge in [0.15, 0.2) is 5.72 Å². The Bertz CT molecular complexity index is 1170. The fraction of sp³-hybridized carbons (Fsp3) is 0.481. The van der Waals surface area contributed by atoms with Crippen LogP contribution in [0.2, 0.25) is 5.02 Å². The van der Waals surface area contributed by atoms with Gasteiger partial charge in [-0.2, -0.15) is 0 Å². The minimum Gasteiger partial charge on any atom is -0.495 e. The predicted molar refractivity (Wildman–Crippen MR) is 139 cm³/mol. The van der Waals surface area contributed by atoms with Crippen molar-refractivity contribution in [3.8, 4) is 5.75 Å². The fourth-order valence-electron chi connectivity index (χ4n) is 4.97. The molecule has 3 aliphatic heterocycles. The maximum Gasteiger partial charge on any atom is 0.409 e. The molecule has 3 aliphatic rings. The molecule has 4 bridgehead atoms. The minimum absolute atomic E-state index is 0.0930. The number of amides is 2. The van der Waals surface area contributed by atoms with Gasteiger partial charge in [0.05, 0.1) is 18.9 Å². The highest BCUT2D eigenvalue weighted by atomic mass is 35.5. The molecule has 0 aromatic heterocycles. The lowest BCUT2D eigenvalue weighted by Gasteiger charge is -2.42. The summed E-state index contributed by atoms with van der Waals surface area (Å²) >= 11 is 6.47. The Morgan fingerprint density at radius 1 is 1.24 bits per heavy atom. The molecule has 0 radical (unpaired) electrons. The molecule has 1 aromatic rings. The van der Waals surface area contributed by atoms with Gasteiger partial charge in [0, 0.05) is 25.5 Å². The third-order valence-electron chi connectivity index (χ3n) is 7.06. The molecule has 1 aromatic carbocycles. The smallest absolute Gasteiger partial charge is 0.409 e. The SMILES string of the molecule is COc1cc2cc(c1Cl)NC(=O)/C=C/[C@]1(C)O[C@H]1[C@H](C)[C@@H]1C[C@@](O)(NC(=O)O1)[C@H](OC)C=C/C=C(\C)C2. The molecule has 2 saturated heterocycles. The minimum atomic E-state index is -1.68. The average molecular weight is 533 g/mol. The number of carbonyl (C=O) groups is 2. The molecule has 6 atom stereocenters. The molecule has 0 saturated carbocycles. The first-order chi connectivity index (χ1) is 17.5. The summed E-state index contributed by atoms with van der Waals surface area (Å²) in [6.07, 6.45) is 6.56. The van der Waals surface area contributed by atoms with Crippen molar-refractivity contribution in [1.82, 2.24) is 5.32 Å². The fourth-order valence-corrected chi connectivity index (χ4v) is 5.20. The predicted octanol–water partition coefficient (Wildman–Crippen LogP) is 3.90. The number of hydrogen-bond acceptors (Lipinski definition) is 7. The van der Waals surface area contributed by atoms with Crippen LogP contribution in [0.15, 0.2) is 48.1 Å². The number of ether oxygens (including phenoxy) is 4. The van der Waals surface area contributed by atoms with E-state index in [4.69, 9.17) is 30.5 Å². The third kappa shape index (κ3) is 5.85. The van der Waals surface area contributed by atoms with Crippen molar-refractivity contribution in [3.63, 3.8) is 0 Å². The molecule has 37 heavy (non-hydrogen) atoms. The first-order valence-electron chi connectivity index (χ1n) is 12.1. The third-order valence-corrected chi connectivity index (χ3v) is 7.45. The van der Waals surface area contributed by atoms with Crippen molar-refractivity contribution in [1.29, 1.82) is 0 Å². The largest absolute Gasteiger partial charge is 0.495 e. The van der Waals surface area contributed by atoms with E-state index in [-0.39, 0.29) is 24.3 Å². The van der Waals surface area contributed by atoms with Crippen LogP contribution in [0.1, 0.15) is 32.8 Å². The lowest BCUT2D eigenvalue weighted by atomic mass is 9.85. The number of methoxy groups -OCH3 is 2. The molecule has 2 amide bonds. The first kappa shape index (κ1) is 27.2. The van der Waals surface area contributed by atoms with Gasteiger partial charge < -0.3 is 29.4 Å². The second-order valence-electron chi connectivity index (χ2n) is 9.99. The number of rotatable bonds is 2. The topological polar surface area (TPSA) is 119 Å². The van der Waals surface area contributed by atoms with E-state index in [2.05, 4.69) is 10.6 Å². The van der Waals surface area contributed by atoms with Crippen LogP contribution < -0.4 is 15.4 Å². The number of alkyl carbamates (subject to hydrolysis) is 1. The highest BCUT2D eigenvalue weighted by molar-refractivity contribution is 6.35. The van der Waals surface area contributed by atoms with E-state index in [1.165, 1.54) is 20.3 Å². The van der Waals surface area contributed by atoms with Gasteiger partial charge in [0.1, 0.15) is 28.6 Å². The molecule has 3 heterocycles. The van der Waals surface area contributed by atoms with E-state index in [0.29, 0.717) is 22.9 Å². The van der Waals surface area contributed by atoms with E-state index in [1.807, 2.05) is 39.0 Å². The van der Waals surface area contributed by atoms with E-state index >= 15 is 0 Å². The maximum absolute atomic E-state index is 12.8. The molecule has 4 rings (SSSR count). The van der Waals surface area contributed by atoms with Crippen LogP contribution in [0, 0.1) is 5.92 Å². The van der Waals surface area contributed by atoms with E-state index in [1.54, 1.807) is 18.2 Å². The summed E-state index contributed by atoms with van der Waals surface area (Å²) in [5, 5.41) is 17.0. The van der Waals surface area contributed by atoms with Crippen LogP contribution in [0.4, 0.5) is 10.5 Å². The van der Waals surface area contributed by atoms with Crippen LogP contribution >= 0.6 is 11.6 Å². The van der Waals surface area contributed by atoms with Gasteiger partial charge in [-0.15, -0.1) is 0 Å². The zero-order valence-corrected chi connectivity index (χ0v) is 22.3. The van der Waals surface area contributed by atoms with Gasteiger partial charge in [-0.05, 0) is 44.0 Å². The monoisotopic (exact) mass is 532 g/mol. The average Bonchev–Trinajstić information content (AvgIpc) is 3.52. The molecule has 200 valence electrons. The summed E-state index contributed by atoms with van der Waals surface area (Å²) in [6, 6.07) is 3.63. The van der Waals surface area contributed by atoms with Crippen molar-refractivity contribution in [3.05, 3.63) is 58.7 Å². The first-order valence-corrected chi connectivity index (χ1v) is 12.5. The number of halogens is 1. The molecule has 3 N–H and O–H groups in total. The summed E-state index contributed by atoms with van der Waals surface area (Å²) < 4.78 is 22.4. The molecule has 0 aliphatic carbocycles. The molecule has 2 fully saturated rings. The Morgan fingerprint density at radius 2 is 2.00 bits per heavy atom. The number of anilines is 1. The zero-order valence-electron chi connectivity index (χ0n) is 21.5. The van der Waals surface area contributed by atoms with Crippen LogP contribution in [-0.4, -0.2) is 61.0 Å². The summed E-state index contributed by atoms with van der Waals surface area (Å²) in [7, 11) is 2.99. The lowest BCUT2D eigenvalue weighted by molar-refractivity contribution is -0.142. The number of aliphatic hydroxyl groups is 1. The Morgan fingerprint density at radius 3 is 2.70 bits per heavy atom. The van der Waals surface area contributed by atoms with E-state index in [0.717, 1.165) is 11.1 Å². The standard InChI is InChI=1S/C27H33ClN2O7/c1-15-7-6-8-21(35-5)27(33)14-20(36-25(32)30-27)16(2)24-26(3,37-24)10-9-22(31)29-18-12-17(11-15)13-19(34-4)23(18)28/h6-10,12-13,16,20-21,24,33H,11,14H2,1-5H3,(H,29,31)(H,30,32)/b8-6?,10-9+,15-7+/t16-,20+,21-,24+,26+,27+/m1/s1. The highest BCUT2D eigenvalue weighted by Gasteiger charge is 2.57. The van der Waals surface area contributed by atoms with Crippen molar-refractivity contribution in [2.24, 2.45) is 5.92 Å². The molecule has 9 nitrogen and oxygen atoms in total. The quantitative estimate of drug-likeness (QED) is 0.494. The Labute approximate surface area is 221 Å². The van der Waals surface area contributed by atoms with Gasteiger partial charge in [-0.3, -0.25) is 10.1 Å². The zero-order chi connectivity index (χ0) is 27.0. The van der Waals surface area contributed by atoms with Crippen molar-refractivity contribution >= 4 is 29.3 Å². The summed E-state index contributed by atoms with van der Waals surface area (Å²) in [6.45, 7) is 5.69. The number of carbonyl (C=O) groups excluding carboxylic acids is 2. The Kier molecular flexibility index (Phi) is 7.71. The molecular formula is C27H33ClN2O7. The molecule has 0 unspecified atom stereocenters. The van der Waals surface area contributed by atoms with Crippen LogP contribution in [0.3, 0.4) is 0 Å². The summed E-state index contributed by atoms with van der Waals surface area (Å²) in [4.78, 5) is 25.2. The number of epoxide rings is 1. The number of nitrogens with one attached hydrogen (secondary N) is 2. The highest BCUT2D eigenvalue weighted by Crippen LogP contribution is 2.45. The summed E-state index contributed by atoms with van der Waals surface area (Å²) in [5.74, 6) is -0.192. The number of allylic oxidation sites excluding steroid dienone is 3. The van der Waals surface area contributed by atoms with Gasteiger partial charge in [-0.1, -0.05) is 42.3 Å². The van der Waals surface area contributed by atoms with E-state index in [9.17, 15) is 14.7 Å². The second-order valence-corrected chi connectivity index (χ2v) is 10.4. The van der Waals surface area contributed by atoms with Gasteiger partial charge in [-0.25, -0.2) is 4.79 Å². The van der Waals surface area contributed by atoms with Crippen LogP contribution in [0.5, 0.6) is 5.75 Å². The molecular weight excluding hydrogens is 500 g/mol. The molecule has 0 spiro atoms. The van der Waals surface area contributed by atoms with Crippen LogP contribution in [-0.2, 0) is 25.4 Å². The van der Waals surface area contributed by atoms with Crippen molar-refractivity contribution < 1.29 is 33.6 Å². The van der Waals surface area contributed by atoms with Gasteiger partial charge in [0.25, 0.3) is 0 Å². The van der Waals surface area contributed by atoms with Crippen LogP contribution in [0.25, 0.3) is 0 Å². The van der Waals surface area contributed by atoms with Crippen molar-refractivity contribution in [2.45, 2.75) is 63.3 Å². The number of fused-ring (bicyclic) bond motifs is 5. The maximum atomic E-state index is 12.8. The Hall–Kier alpha value is -2.85.